The third-order valence-electron chi connectivity index (χ3n) is 5.83. The van der Waals surface area contributed by atoms with E-state index in [4.69, 9.17) is 16.7 Å². The van der Waals surface area contributed by atoms with Crippen LogP contribution >= 0.6 is 11.6 Å². The van der Waals surface area contributed by atoms with Crippen molar-refractivity contribution in [2.45, 2.75) is 13.1 Å². The monoisotopic (exact) mass is 496 g/mol. The Morgan fingerprint density at radius 2 is 1.69 bits per heavy atom. The highest BCUT2D eigenvalue weighted by Crippen LogP contribution is 2.28. The molecule has 0 saturated heterocycles. The fourth-order valence-corrected chi connectivity index (χ4v) is 4.32. The van der Waals surface area contributed by atoms with E-state index in [1.165, 1.54) is 12.1 Å². The molecule has 0 atom stereocenters. The van der Waals surface area contributed by atoms with Gasteiger partial charge in [-0.1, -0.05) is 35.9 Å². The minimum Gasteiger partial charge on any atom is -0.478 e. The molecule has 2 aromatic heterocycles. The van der Waals surface area contributed by atoms with Crippen LogP contribution in [0.5, 0.6) is 0 Å². The number of hydrogen-bond donors (Lipinski definition) is 2. The molecule has 178 valence electrons. The highest BCUT2D eigenvalue weighted by atomic mass is 35.5. The van der Waals surface area contributed by atoms with Crippen molar-refractivity contribution < 1.29 is 14.7 Å². The maximum absolute atomic E-state index is 13.5. The lowest BCUT2D eigenvalue weighted by molar-refractivity contribution is 0.0696. The molecule has 2 heterocycles. The maximum Gasteiger partial charge on any atom is 0.335 e. The predicted molar refractivity (Wildman–Crippen MR) is 138 cm³/mol. The number of amides is 1. The van der Waals surface area contributed by atoms with Crippen LogP contribution in [0.25, 0.3) is 22.3 Å². The molecule has 0 unspecified atom stereocenters. The third-order valence-corrected chi connectivity index (χ3v) is 6.06. The first-order valence-electron chi connectivity index (χ1n) is 11.2. The van der Waals surface area contributed by atoms with Gasteiger partial charge in [-0.3, -0.25) is 4.79 Å². The number of hydrogen-bond acceptors (Lipinski definition) is 4. The van der Waals surface area contributed by atoms with E-state index in [0.29, 0.717) is 23.0 Å². The molecule has 8 heteroatoms. The van der Waals surface area contributed by atoms with Crippen LogP contribution in [-0.2, 0) is 13.1 Å². The van der Waals surface area contributed by atoms with Crippen molar-refractivity contribution in [3.63, 3.8) is 0 Å². The van der Waals surface area contributed by atoms with E-state index in [2.05, 4.69) is 15.3 Å². The van der Waals surface area contributed by atoms with Crippen LogP contribution < -0.4 is 5.32 Å². The Balaban J connectivity index is 1.51. The number of nitrogens with zero attached hydrogens (tertiary/aromatic N) is 3. The minimum absolute atomic E-state index is 0.196. The van der Waals surface area contributed by atoms with E-state index in [1.807, 2.05) is 47.2 Å². The van der Waals surface area contributed by atoms with Crippen LogP contribution in [0.2, 0.25) is 5.02 Å². The lowest BCUT2D eigenvalue weighted by Crippen LogP contribution is -2.23. The Labute approximate surface area is 212 Å². The second-order valence-electron chi connectivity index (χ2n) is 8.29. The van der Waals surface area contributed by atoms with Gasteiger partial charge in [-0.05, 0) is 59.7 Å². The van der Waals surface area contributed by atoms with E-state index in [9.17, 15) is 9.59 Å². The van der Waals surface area contributed by atoms with Crippen molar-refractivity contribution in [2.24, 2.45) is 0 Å². The van der Waals surface area contributed by atoms with Gasteiger partial charge in [0.15, 0.2) is 5.82 Å². The Bertz CT molecular complexity index is 1560. The van der Waals surface area contributed by atoms with Crippen LogP contribution in [0.4, 0.5) is 0 Å². The van der Waals surface area contributed by atoms with E-state index >= 15 is 0 Å². The minimum atomic E-state index is -0.992. The van der Waals surface area contributed by atoms with Gasteiger partial charge in [-0.25, -0.2) is 14.8 Å². The van der Waals surface area contributed by atoms with Crippen molar-refractivity contribution in [1.82, 2.24) is 19.9 Å². The molecule has 0 aliphatic heterocycles. The molecule has 2 N–H and O–H groups in total. The fourth-order valence-electron chi connectivity index (χ4n) is 4.11. The zero-order valence-electron chi connectivity index (χ0n) is 19.1. The molecular weight excluding hydrogens is 476 g/mol. The molecule has 5 aromatic rings. The van der Waals surface area contributed by atoms with Crippen LogP contribution in [0.3, 0.4) is 0 Å². The lowest BCUT2D eigenvalue weighted by Gasteiger charge is -2.13. The quantitative estimate of drug-likeness (QED) is 0.313. The zero-order valence-corrected chi connectivity index (χ0v) is 19.8. The van der Waals surface area contributed by atoms with Gasteiger partial charge in [0.2, 0.25) is 0 Å². The summed E-state index contributed by atoms with van der Waals surface area (Å²) in [5.41, 5.74) is 4.01. The summed E-state index contributed by atoms with van der Waals surface area (Å²) in [5.74, 6) is -0.722. The van der Waals surface area contributed by atoms with Gasteiger partial charge in [0.25, 0.3) is 5.91 Å². The van der Waals surface area contributed by atoms with Crippen molar-refractivity contribution in [3.05, 3.63) is 119 Å². The van der Waals surface area contributed by atoms with Crippen LogP contribution in [-0.4, -0.2) is 31.5 Å². The standard InChI is InChI=1S/C28H21ClN4O3/c29-23-4-1-3-19(13-23)17-33-12-9-21-14-22(26-30-10-2-11-31-26)15-24(25(21)33)27(34)32-16-18-5-7-20(8-6-18)28(35)36/h1-15H,16-17H2,(H,32,34)(H,35,36). The second-order valence-corrected chi connectivity index (χ2v) is 8.73. The number of nitrogens with one attached hydrogen (secondary N) is 1. The van der Waals surface area contributed by atoms with E-state index < -0.39 is 5.97 Å². The Hall–Kier alpha value is -4.49. The van der Waals surface area contributed by atoms with Gasteiger partial charge >= 0.3 is 5.97 Å². The summed E-state index contributed by atoms with van der Waals surface area (Å²) in [6.45, 7) is 0.795. The molecule has 3 aromatic carbocycles. The van der Waals surface area contributed by atoms with Gasteiger partial charge in [0.1, 0.15) is 0 Å². The number of carboxylic acids is 1. The van der Waals surface area contributed by atoms with Crippen LogP contribution in [0, 0.1) is 0 Å². The number of carboxylic acid groups (broad SMARTS) is 1. The Kier molecular flexibility index (Phi) is 6.47. The molecule has 1 amide bonds. The number of halogens is 1. The molecule has 0 aliphatic rings. The molecule has 0 saturated carbocycles. The summed E-state index contributed by atoms with van der Waals surface area (Å²) >= 11 is 6.18. The molecule has 0 bridgehead atoms. The third kappa shape index (κ3) is 4.96. The first kappa shape index (κ1) is 23.3. The van der Waals surface area contributed by atoms with Crippen molar-refractivity contribution in [3.8, 4) is 11.4 Å². The highest BCUT2D eigenvalue weighted by Gasteiger charge is 2.17. The zero-order chi connectivity index (χ0) is 25.1. The number of aromatic nitrogens is 3. The average molecular weight is 497 g/mol. The largest absolute Gasteiger partial charge is 0.478 e. The number of aromatic carboxylic acids is 1. The predicted octanol–water partition coefficient (Wildman–Crippen LogP) is 5.43. The van der Waals surface area contributed by atoms with Gasteiger partial charge in [0, 0.05) is 47.7 Å². The molecule has 5 rings (SSSR count). The summed E-state index contributed by atoms with van der Waals surface area (Å²) in [5, 5.41) is 13.6. The summed E-state index contributed by atoms with van der Waals surface area (Å²) in [4.78, 5) is 33.3. The summed E-state index contributed by atoms with van der Waals surface area (Å²) in [7, 11) is 0. The van der Waals surface area contributed by atoms with Gasteiger partial charge in [-0.2, -0.15) is 0 Å². The van der Waals surface area contributed by atoms with Crippen molar-refractivity contribution >= 4 is 34.4 Å². The van der Waals surface area contributed by atoms with Gasteiger partial charge < -0.3 is 15.0 Å². The normalized spacial score (nSPS) is 10.9. The molecular formula is C28H21ClN4O3. The summed E-state index contributed by atoms with van der Waals surface area (Å²) in [6, 6.07) is 21.5. The second kappa shape index (κ2) is 10.0. The van der Waals surface area contributed by atoms with Crippen molar-refractivity contribution in [1.29, 1.82) is 0 Å². The first-order valence-corrected chi connectivity index (χ1v) is 11.6. The number of benzene rings is 3. The first-order chi connectivity index (χ1) is 17.5. The van der Waals surface area contributed by atoms with Gasteiger partial charge in [0.05, 0.1) is 16.6 Å². The number of fused-ring (bicyclic) bond motifs is 1. The molecule has 0 fully saturated rings. The molecule has 36 heavy (non-hydrogen) atoms. The fraction of sp³-hybridized carbons (Fsp3) is 0.0714. The van der Waals surface area contributed by atoms with Crippen molar-refractivity contribution in [2.75, 3.05) is 0 Å². The van der Waals surface area contributed by atoms with E-state index in [0.717, 1.165) is 27.6 Å². The average Bonchev–Trinajstić information content (AvgIpc) is 3.30. The molecule has 7 nitrogen and oxygen atoms in total. The summed E-state index contributed by atoms with van der Waals surface area (Å²) < 4.78 is 2.02. The Morgan fingerprint density at radius 1 is 0.917 bits per heavy atom. The Morgan fingerprint density at radius 3 is 2.42 bits per heavy atom. The number of carbonyl (C=O) groups is 2. The topological polar surface area (TPSA) is 97.1 Å². The van der Waals surface area contributed by atoms with Gasteiger partial charge in [-0.15, -0.1) is 0 Å². The SMILES string of the molecule is O=C(O)c1ccc(CNC(=O)c2cc(-c3ncccn3)cc3ccn(Cc4cccc(Cl)c4)c23)cc1. The molecule has 0 radical (unpaired) electrons. The van der Waals surface area contributed by atoms with E-state index in [1.54, 1.807) is 36.7 Å². The molecule has 0 aliphatic carbocycles. The number of carbonyl (C=O) groups excluding carboxylic acids is 1. The van der Waals surface area contributed by atoms with E-state index in [-0.39, 0.29) is 18.0 Å². The summed E-state index contributed by atoms with van der Waals surface area (Å²) in [6.07, 6.45) is 5.28. The lowest BCUT2D eigenvalue weighted by atomic mass is 10.0. The van der Waals surface area contributed by atoms with Crippen LogP contribution in [0.15, 0.2) is 91.4 Å². The number of rotatable bonds is 7. The smallest absolute Gasteiger partial charge is 0.335 e. The molecule has 0 spiro atoms. The van der Waals surface area contributed by atoms with Crippen LogP contribution in [0.1, 0.15) is 31.8 Å². The maximum atomic E-state index is 13.5. The highest BCUT2D eigenvalue weighted by molar-refractivity contribution is 6.30.